The minimum atomic E-state index is -0.829. The van der Waals surface area contributed by atoms with Crippen LogP contribution in [-0.2, 0) is 13.1 Å². The average molecular weight is 251 g/mol. The molecule has 2 rings (SSSR count). The van der Waals surface area contributed by atoms with Crippen LogP contribution in [0, 0.1) is 18.6 Å². The first-order valence-electron chi connectivity index (χ1n) is 5.81. The highest BCUT2D eigenvalue weighted by Crippen LogP contribution is 2.12. The third kappa shape index (κ3) is 2.67. The van der Waals surface area contributed by atoms with Crippen LogP contribution in [0.25, 0.3) is 0 Å². The van der Waals surface area contributed by atoms with Gasteiger partial charge < -0.3 is 9.88 Å². The minimum absolute atomic E-state index is 0.410. The lowest BCUT2D eigenvalue weighted by Gasteiger charge is -2.08. The Morgan fingerprint density at radius 2 is 2.06 bits per heavy atom. The number of halogens is 2. The van der Waals surface area contributed by atoms with E-state index in [4.69, 9.17) is 0 Å². The molecular formula is C13H15F2N3. The lowest BCUT2D eigenvalue weighted by Crippen LogP contribution is -2.06. The zero-order chi connectivity index (χ0) is 13.1. The second kappa shape index (κ2) is 5.16. The summed E-state index contributed by atoms with van der Waals surface area (Å²) in [6, 6.07) is 3.87. The molecule has 0 spiro atoms. The van der Waals surface area contributed by atoms with E-state index in [1.807, 2.05) is 24.6 Å². The maximum atomic E-state index is 13.0. The first-order chi connectivity index (χ1) is 8.60. The van der Waals surface area contributed by atoms with Crippen molar-refractivity contribution in [2.45, 2.75) is 26.9 Å². The number of benzene rings is 1. The Morgan fingerprint density at radius 3 is 2.72 bits per heavy atom. The average Bonchev–Trinajstić information content (AvgIpc) is 2.71. The van der Waals surface area contributed by atoms with Crippen molar-refractivity contribution in [3.8, 4) is 0 Å². The molecule has 0 aliphatic heterocycles. The maximum absolute atomic E-state index is 13.0. The molecule has 0 aliphatic rings. The van der Waals surface area contributed by atoms with E-state index in [2.05, 4.69) is 10.3 Å². The number of rotatable bonds is 4. The van der Waals surface area contributed by atoms with Gasteiger partial charge in [0.05, 0.1) is 5.69 Å². The van der Waals surface area contributed by atoms with Gasteiger partial charge in [-0.05, 0) is 31.5 Å². The molecule has 0 saturated heterocycles. The van der Waals surface area contributed by atoms with Crippen molar-refractivity contribution in [1.29, 1.82) is 0 Å². The molecule has 5 heteroatoms. The van der Waals surface area contributed by atoms with Gasteiger partial charge in [-0.15, -0.1) is 0 Å². The molecule has 1 N–H and O–H groups in total. The van der Waals surface area contributed by atoms with Gasteiger partial charge >= 0.3 is 0 Å². The van der Waals surface area contributed by atoms with Gasteiger partial charge in [0.15, 0.2) is 11.6 Å². The maximum Gasteiger partial charge on any atom is 0.203 e. The van der Waals surface area contributed by atoms with E-state index in [0.29, 0.717) is 12.1 Å². The summed E-state index contributed by atoms with van der Waals surface area (Å²) in [5.74, 6) is -0.923. The summed E-state index contributed by atoms with van der Waals surface area (Å²) in [6.07, 6.45) is 1.94. The summed E-state index contributed by atoms with van der Waals surface area (Å²) in [5.41, 5.74) is 1.60. The molecule has 18 heavy (non-hydrogen) atoms. The molecule has 0 saturated carbocycles. The van der Waals surface area contributed by atoms with Gasteiger partial charge in [-0.3, -0.25) is 0 Å². The second-order valence-corrected chi connectivity index (χ2v) is 4.09. The molecule has 0 aliphatic carbocycles. The normalized spacial score (nSPS) is 10.7. The molecule has 1 aromatic carbocycles. The minimum Gasteiger partial charge on any atom is -0.352 e. The molecule has 0 fully saturated rings. The molecule has 1 aromatic heterocycles. The summed E-state index contributed by atoms with van der Waals surface area (Å²) in [5, 5.41) is 3.11. The quantitative estimate of drug-likeness (QED) is 0.904. The number of imidazole rings is 1. The first kappa shape index (κ1) is 12.5. The number of nitrogens with one attached hydrogen (secondary N) is 1. The van der Waals surface area contributed by atoms with Crippen molar-refractivity contribution in [1.82, 2.24) is 9.55 Å². The third-order valence-electron chi connectivity index (χ3n) is 2.67. The van der Waals surface area contributed by atoms with E-state index < -0.39 is 11.6 Å². The Kier molecular flexibility index (Phi) is 3.60. The fourth-order valence-electron chi connectivity index (χ4n) is 1.76. The van der Waals surface area contributed by atoms with Crippen LogP contribution in [0.2, 0.25) is 0 Å². The SMILES string of the molecule is CCn1cc(C)nc1NCc1ccc(F)c(F)c1. The molecule has 0 unspecified atom stereocenters. The molecule has 2 aromatic rings. The highest BCUT2D eigenvalue weighted by molar-refractivity contribution is 5.31. The second-order valence-electron chi connectivity index (χ2n) is 4.09. The van der Waals surface area contributed by atoms with Gasteiger partial charge in [0.25, 0.3) is 0 Å². The smallest absolute Gasteiger partial charge is 0.203 e. The Labute approximate surface area is 104 Å². The Morgan fingerprint density at radius 1 is 1.28 bits per heavy atom. The predicted octanol–water partition coefficient (Wildman–Crippen LogP) is 3.10. The number of hydrogen-bond donors (Lipinski definition) is 1. The topological polar surface area (TPSA) is 29.9 Å². The molecular weight excluding hydrogens is 236 g/mol. The molecule has 0 amide bonds. The molecule has 0 bridgehead atoms. The Bertz CT molecular complexity index is 549. The van der Waals surface area contributed by atoms with Crippen molar-refractivity contribution >= 4 is 5.95 Å². The van der Waals surface area contributed by atoms with E-state index in [1.165, 1.54) is 6.07 Å². The van der Waals surface area contributed by atoms with Crippen molar-refractivity contribution in [3.63, 3.8) is 0 Å². The molecule has 0 radical (unpaired) electrons. The van der Waals surface area contributed by atoms with Crippen LogP contribution in [0.4, 0.5) is 14.7 Å². The van der Waals surface area contributed by atoms with Crippen LogP contribution in [0.5, 0.6) is 0 Å². The molecule has 3 nitrogen and oxygen atoms in total. The number of aromatic nitrogens is 2. The van der Waals surface area contributed by atoms with Gasteiger partial charge in [-0.25, -0.2) is 13.8 Å². The predicted molar refractivity (Wildman–Crippen MR) is 66.3 cm³/mol. The van der Waals surface area contributed by atoms with Crippen molar-refractivity contribution in [3.05, 3.63) is 47.3 Å². The fourth-order valence-corrected chi connectivity index (χ4v) is 1.76. The summed E-state index contributed by atoms with van der Waals surface area (Å²) in [4.78, 5) is 4.32. The summed E-state index contributed by atoms with van der Waals surface area (Å²) >= 11 is 0. The number of anilines is 1. The Hall–Kier alpha value is -1.91. The number of nitrogens with zero attached hydrogens (tertiary/aromatic N) is 2. The first-order valence-corrected chi connectivity index (χ1v) is 5.81. The third-order valence-corrected chi connectivity index (χ3v) is 2.67. The summed E-state index contributed by atoms with van der Waals surface area (Å²) in [6.45, 7) is 5.15. The van der Waals surface area contributed by atoms with Gasteiger partial charge in [-0.2, -0.15) is 0 Å². The molecule has 1 heterocycles. The van der Waals surface area contributed by atoms with Crippen molar-refractivity contribution in [2.24, 2.45) is 0 Å². The van der Waals surface area contributed by atoms with Crippen LogP contribution >= 0.6 is 0 Å². The van der Waals surface area contributed by atoms with Crippen LogP contribution in [-0.4, -0.2) is 9.55 Å². The van der Waals surface area contributed by atoms with Crippen LogP contribution < -0.4 is 5.32 Å². The molecule has 96 valence electrons. The zero-order valence-electron chi connectivity index (χ0n) is 10.4. The lowest BCUT2D eigenvalue weighted by molar-refractivity contribution is 0.507. The van der Waals surface area contributed by atoms with E-state index >= 15 is 0 Å². The van der Waals surface area contributed by atoms with Crippen molar-refractivity contribution in [2.75, 3.05) is 5.32 Å². The largest absolute Gasteiger partial charge is 0.352 e. The number of hydrogen-bond acceptors (Lipinski definition) is 2. The zero-order valence-corrected chi connectivity index (χ0v) is 10.4. The monoisotopic (exact) mass is 251 g/mol. The van der Waals surface area contributed by atoms with E-state index in [-0.39, 0.29) is 0 Å². The van der Waals surface area contributed by atoms with Gasteiger partial charge in [0.1, 0.15) is 0 Å². The van der Waals surface area contributed by atoms with E-state index in [9.17, 15) is 8.78 Å². The van der Waals surface area contributed by atoms with Crippen LogP contribution in [0.15, 0.2) is 24.4 Å². The highest BCUT2D eigenvalue weighted by atomic mass is 19.2. The van der Waals surface area contributed by atoms with Crippen LogP contribution in [0.3, 0.4) is 0 Å². The lowest BCUT2D eigenvalue weighted by atomic mass is 10.2. The van der Waals surface area contributed by atoms with E-state index in [0.717, 1.165) is 24.3 Å². The highest BCUT2D eigenvalue weighted by Gasteiger charge is 2.05. The van der Waals surface area contributed by atoms with Crippen molar-refractivity contribution < 1.29 is 8.78 Å². The van der Waals surface area contributed by atoms with Gasteiger partial charge in [0.2, 0.25) is 5.95 Å². The summed E-state index contributed by atoms with van der Waals surface area (Å²) < 4.78 is 27.8. The van der Waals surface area contributed by atoms with Gasteiger partial charge in [-0.1, -0.05) is 6.07 Å². The van der Waals surface area contributed by atoms with E-state index in [1.54, 1.807) is 6.07 Å². The Balaban J connectivity index is 2.08. The number of aryl methyl sites for hydroxylation is 2. The fraction of sp³-hybridized carbons (Fsp3) is 0.308. The molecule has 0 atom stereocenters. The van der Waals surface area contributed by atoms with Gasteiger partial charge in [0, 0.05) is 19.3 Å². The standard InChI is InChI=1S/C13H15F2N3/c1-3-18-8-9(2)17-13(18)16-7-10-4-5-11(14)12(15)6-10/h4-6,8H,3,7H2,1-2H3,(H,16,17). The summed E-state index contributed by atoms with van der Waals surface area (Å²) in [7, 11) is 0. The van der Waals surface area contributed by atoms with Crippen LogP contribution in [0.1, 0.15) is 18.2 Å².